The Morgan fingerprint density at radius 3 is 2.82 bits per heavy atom. The van der Waals surface area contributed by atoms with Crippen LogP contribution in [0.15, 0.2) is 24.3 Å². The molecule has 0 nitrogen and oxygen atoms in total. The largest absolute Gasteiger partial charge is 0.207 e. The highest BCUT2D eigenvalue weighted by molar-refractivity contribution is 9.09. The average molecular weight is 217 g/mol. The third kappa shape index (κ3) is 3.02. The monoisotopic (exact) mass is 216 g/mol. The maximum atomic E-state index is 12.6. The van der Waals surface area contributed by atoms with Gasteiger partial charge in [0.2, 0.25) is 0 Å². The van der Waals surface area contributed by atoms with Crippen LogP contribution in [0, 0.1) is 5.82 Å². The fourth-order valence-electron chi connectivity index (χ4n) is 0.989. The zero-order chi connectivity index (χ0) is 8.27. The van der Waals surface area contributed by atoms with Gasteiger partial charge in [-0.3, -0.25) is 0 Å². The van der Waals surface area contributed by atoms with E-state index in [0.29, 0.717) is 4.83 Å². The molecule has 60 valence electrons. The molecule has 0 aliphatic carbocycles. The van der Waals surface area contributed by atoms with Gasteiger partial charge in [-0.05, 0) is 24.1 Å². The summed E-state index contributed by atoms with van der Waals surface area (Å²) in [5.41, 5.74) is 1.04. The van der Waals surface area contributed by atoms with E-state index in [1.54, 1.807) is 12.1 Å². The van der Waals surface area contributed by atoms with Crippen molar-refractivity contribution in [3.05, 3.63) is 35.6 Å². The fraction of sp³-hybridized carbons (Fsp3) is 0.333. The zero-order valence-corrected chi connectivity index (χ0v) is 7.94. The average Bonchev–Trinajstić information content (AvgIpc) is 1.85. The first-order chi connectivity index (χ1) is 5.18. The number of rotatable bonds is 2. The molecule has 0 spiro atoms. The Bertz CT molecular complexity index is 233. The molecule has 0 heterocycles. The summed E-state index contributed by atoms with van der Waals surface area (Å²) in [6.07, 6.45) is 0.873. The van der Waals surface area contributed by atoms with Crippen LogP contribution in [0.5, 0.6) is 0 Å². The highest BCUT2D eigenvalue weighted by atomic mass is 79.9. The van der Waals surface area contributed by atoms with Crippen LogP contribution < -0.4 is 0 Å². The summed E-state index contributed by atoms with van der Waals surface area (Å²) in [5, 5.41) is 0. The molecule has 0 aliphatic rings. The van der Waals surface area contributed by atoms with Gasteiger partial charge in [0.15, 0.2) is 0 Å². The molecule has 0 bridgehead atoms. The Kier molecular flexibility index (Phi) is 3.06. The van der Waals surface area contributed by atoms with Crippen LogP contribution in [0.1, 0.15) is 12.5 Å². The van der Waals surface area contributed by atoms with Gasteiger partial charge in [0.05, 0.1) is 0 Å². The lowest BCUT2D eigenvalue weighted by atomic mass is 10.1. The lowest BCUT2D eigenvalue weighted by molar-refractivity contribution is 0.625. The topological polar surface area (TPSA) is 0 Å². The SMILES string of the molecule is CC(Br)Cc1cccc(F)c1. The van der Waals surface area contributed by atoms with Crippen molar-refractivity contribution in [3.63, 3.8) is 0 Å². The number of halogens is 2. The van der Waals surface area contributed by atoms with E-state index >= 15 is 0 Å². The third-order valence-electron chi connectivity index (χ3n) is 1.41. The van der Waals surface area contributed by atoms with E-state index in [4.69, 9.17) is 0 Å². The van der Waals surface area contributed by atoms with E-state index < -0.39 is 0 Å². The van der Waals surface area contributed by atoms with Gasteiger partial charge in [-0.1, -0.05) is 35.0 Å². The Labute approximate surface area is 74.6 Å². The first-order valence-electron chi connectivity index (χ1n) is 3.57. The van der Waals surface area contributed by atoms with Crippen molar-refractivity contribution in [2.24, 2.45) is 0 Å². The van der Waals surface area contributed by atoms with Crippen molar-refractivity contribution in [1.29, 1.82) is 0 Å². The highest BCUT2D eigenvalue weighted by Crippen LogP contribution is 2.10. The molecule has 1 unspecified atom stereocenters. The van der Waals surface area contributed by atoms with Gasteiger partial charge in [-0.15, -0.1) is 0 Å². The van der Waals surface area contributed by atoms with E-state index in [0.717, 1.165) is 12.0 Å². The maximum Gasteiger partial charge on any atom is 0.123 e. The Morgan fingerprint density at radius 1 is 1.55 bits per heavy atom. The van der Waals surface area contributed by atoms with Crippen LogP contribution in [0.25, 0.3) is 0 Å². The number of hydrogen-bond acceptors (Lipinski definition) is 0. The quantitative estimate of drug-likeness (QED) is 0.667. The van der Waals surface area contributed by atoms with Crippen molar-refractivity contribution in [2.75, 3.05) is 0 Å². The second kappa shape index (κ2) is 3.86. The van der Waals surface area contributed by atoms with Crippen LogP contribution in [0.4, 0.5) is 4.39 Å². The molecule has 0 fully saturated rings. The molecule has 0 amide bonds. The van der Waals surface area contributed by atoms with Gasteiger partial charge in [0.1, 0.15) is 5.82 Å². The minimum atomic E-state index is -0.157. The minimum absolute atomic E-state index is 0.157. The van der Waals surface area contributed by atoms with E-state index in [-0.39, 0.29) is 5.82 Å². The fourth-order valence-corrected chi connectivity index (χ4v) is 1.36. The van der Waals surface area contributed by atoms with Crippen LogP contribution in [-0.4, -0.2) is 4.83 Å². The predicted octanol–water partition coefficient (Wildman–Crippen LogP) is 3.15. The molecule has 2 heteroatoms. The van der Waals surface area contributed by atoms with Crippen LogP contribution in [0.2, 0.25) is 0 Å². The molecule has 1 atom stereocenters. The molecule has 11 heavy (non-hydrogen) atoms. The maximum absolute atomic E-state index is 12.6. The van der Waals surface area contributed by atoms with Crippen molar-refractivity contribution in [1.82, 2.24) is 0 Å². The van der Waals surface area contributed by atoms with Crippen molar-refractivity contribution >= 4 is 15.9 Å². The number of alkyl halides is 1. The highest BCUT2D eigenvalue weighted by Gasteiger charge is 1.98. The molecule has 0 saturated carbocycles. The molecular weight excluding hydrogens is 207 g/mol. The molecule has 0 radical (unpaired) electrons. The Morgan fingerprint density at radius 2 is 2.27 bits per heavy atom. The lowest BCUT2D eigenvalue weighted by Gasteiger charge is -2.02. The van der Waals surface area contributed by atoms with E-state index in [9.17, 15) is 4.39 Å². The minimum Gasteiger partial charge on any atom is -0.207 e. The Balaban J connectivity index is 2.71. The predicted molar refractivity (Wildman–Crippen MR) is 48.5 cm³/mol. The zero-order valence-electron chi connectivity index (χ0n) is 6.35. The number of benzene rings is 1. The first-order valence-corrected chi connectivity index (χ1v) is 4.48. The summed E-state index contributed by atoms with van der Waals surface area (Å²) in [6, 6.07) is 6.70. The van der Waals surface area contributed by atoms with Gasteiger partial charge in [-0.2, -0.15) is 0 Å². The number of hydrogen-bond donors (Lipinski definition) is 0. The van der Waals surface area contributed by atoms with Crippen molar-refractivity contribution in [2.45, 2.75) is 18.2 Å². The van der Waals surface area contributed by atoms with E-state index in [2.05, 4.69) is 15.9 Å². The normalized spacial score (nSPS) is 13.0. The molecule has 0 aliphatic heterocycles. The summed E-state index contributed by atoms with van der Waals surface area (Å²) in [5.74, 6) is -0.157. The molecule has 0 aromatic heterocycles. The van der Waals surface area contributed by atoms with Crippen molar-refractivity contribution < 1.29 is 4.39 Å². The van der Waals surface area contributed by atoms with Gasteiger partial charge in [0.25, 0.3) is 0 Å². The summed E-state index contributed by atoms with van der Waals surface area (Å²) in [6.45, 7) is 2.05. The Hall–Kier alpha value is -0.370. The first kappa shape index (κ1) is 8.72. The second-order valence-electron chi connectivity index (χ2n) is 2.61. The molecular formula is C9H10BrF. The third-order valence-corrected chi connectivity index (χ3v) is 1.73. The van der Waals surface area contributed by atoms with E-state index in [1.165, 1.54) is 6.07 Å². The van der Waals surface area contributed by atoms with Gasteiger partial charge in [-0.25, -0.2) is 4.39 Å². The van der Waals surface area contributed by atoms with Crippen LogP contribution in [0.3, 0.4) is 0 Å². The summed E-state index contributed by atoms with van der Waals surface area (Å²) < 4.78 is 12.6. The van der Waals surface area contributed by atoms with Gasteiger partial charge in [0, 0.05) is 4.83 Å². The molecule has 1 aromatic rings. The molecule has 0 N–H and O–H groups in total. The molecule has 0 saturated heterocycles. The smallest absolute Gasteiger partial charge is 0.123 e. The van der Waals surface area contributed by atoms with Gasteiger partial charge >= 0.3 is 0 Å². The van der Waals surface area contributed by atoms with E-state index in [1.807, 2.05) is 13.0 Å². The van der Waals surface area contributed by atoms with Crippen LogP contribution >= 0.6 is 15.9 Å². The second-order valence-corrected chi connectivity index (χ2v) is 4.18. The molecule has 1 aromatic carbocycles. The van der Waals surface area contributed by atoms with Crippen LogP contribution in [-0.2, 0) is 6.42 Å². The summed E-state index contributed by atoms with van der Waals surface area (Å²) in [4.78, 5) is 0.407. The lowest BCUT2D eigenvalue weighted by Crippen LogP contribution is -1.96. The van der Waals surface area contributed by atoms with Crippen molar-refractivity contribution in [3.8, 4) is 0 Å². The summed E-state index contributed by atoms with van der Waals surface area (Å²) >= 11 is 3.41. The molecule has 1 rings (SSSR count). The summed E-state index contributed by atoms with van der Waals surface area (Å²) in [7, 11) is 0. The van der Waals surface area contributed by atoms with Gasteiger partial charge < -0.3 is 0 Å². The standard InChI is InChI=1S/C9H10BrF/c1-7(10)5-8-3-2-4-9(11)6-8/h2-4,6-7H,5H2,1H3.